The van der Waals surface area contributed by atoms with Crippen molar-refractivity contribution in [2.75, 3.05) is 0 Å². The lowest BCUT2D eigenvalue weighted by Gasteiger charge is -2.32. The molecule has 2 aliphatic rings. The summed E-state index contributed by atoms with van der Waals surface area (Å²) in [6.45, 7) is 2.36. The van der Waals surface area contributed by atoms with Crippen molar-refractivity contribution in [3.8, 4) is 0 Å². The molecule has 1 unspecified atom stereocenters. The molecule has 0 bridgehead atoms. The van der Waals surface area contributed by atoms with Gasteiger partial charge in [0, 0.05) is 23.8 Å². The van der Waals surface area contributed by atoms with E-state index in [9.17, 15) is 4.79 Å². The molecular formula is C18H28N2O. The minimum atomic E-state index is 0.0335. The molecular weight excluding hydrogens is 260 g/mol. The molecule has 2 aliphatic carbocycles. The Balaban J connectivity index is 1.69. The fraction of sp³-hybridized carbons (Fsp3) is 0.722. The van der Waals surface area contributed by atoms with Crippen molar-refractivity contribution in [2.45, 2.75) is 76.8 Å². The molecule has 0 saturated heterocycles. The Kier molecular flexibility index (Phi) is 4.79. The van der Waals surface area contributed by atoms with Gasteiger partial charge in [-0.3, -0.25) is 4.79 Å². The second kappa shape index (κ2) is 6.78. The lowest BCUT2D eigenvalue weighted by Crippen LogP contribution is -2.38. The summed E-state index contributed by atoms with van der Waals surface area (Å²) in [5, 5.41) is 3.87. The van der Waals surface area contributed by atoms with E-state index in [1.165, 1.54) is 56.9 Å². The van der Waals surface area contributed by atoms with Gasteiger partial charge in [0.1, 0.15) is 0 Å². The van der Waals surface area contributed by atoms with Crippen molar-refractivity contribution >= 4 is 0 Å². The predicted molar refractivity (Wildman–Crippen MR) is 86.5 cm³/mol. The van der Waals surface area contributed by atoms with Crippen molar-refractivity contribution in [1.82, 2.24) is 10.3 Å². The maximum atomic E-state index is 11.5. The summed E-state index contributed by atoms with van der Waals surface area (Å²) >= 11 is 0. The first-order chi connectivity index (χ1) is 10.2. The molecule has 2 N–H and O–H groups in total. The highest BCUT2D eigenvalue weighted by Gasteiger charge is 2.25. The summed E-state index contributed by atoms with van der Waals surface area (Å²) in [6, 6.07) is 4.70. The van der Waals surface area contributed by atoms with Crippen LogP contribution in [0.4, 0.5) is 0 Å². The smallest absolute Gasteiger partial charge is 0.248 e. The fourth-order valence-electron chi connectivity index (χ4n) is 4.14. The topological polar surface area (TPSA) is 44.9 Å². The molecule has 1 heterocycles. The normalized spacial score (nSPS) is 25.1. The summed E-state index contributed by atoms with van der Waals surface area (Å²) < 4.78 is 0. The zero-order chi connectivity index (χ0) is 14.7. The van der Waals surface area contributed by atoms with Crippen LogP contribution in [0, 0.1) is 5.92 Å². The SMILES string of the molecule is C[C@H](NC1CCCc2[nH]c(=O)ccc21)C1CCCCCC1. The van der Waals surface area contributed by atoms with Crippen LogP contribution in [-0.2, 0) is 6.42 Å². The van der Waals surface area contributed by atoms with E-state index in [1.54, 1.807) is 6.07 Å². The molecule has 0 spiro atoms. The number of H-pyrrole nitrogens is 1. The Morgan fingerprint density at radius 1 is 1.10 bits per heavy atom. The Labute approximate surface area is 127 Å². The van der Waals surface area contributed by atoms with Gasteiger partial charge in [0.25, 0.3) is 0 Å². The van der Waals surface area contributed by atoms with E-state index in [4.69, 9.17) is 0 Å². The highest BCUT2D eigenvalue weighted by Crippen LogP contribution is 2.31. The standard InChI is InChI=1S/C18H28N2O/c1-13(14-7-4-2-3-5-8-14)19-16-9-6-10-17-15(16)11-12-18(21)20-17/h11-14,16,19H,2-10H2,1H3,(H,20,21)/t13-,16?/m0/s1. The number of aromatic amines is 1. The number of aromatic nitrogens is 1. The third-order valence-corrected chi connectivity index (χ3v) is 5.40. The Hall–Kier alpha value is -1.09. The van der Waals surface area contributed by atoms with Gasteiger partial charge in [0.05, 0.1) is 0 Å². The van der Waals surface area contributed by atoms with Gasteiger partial charge in [0.2, 0.25) is 5.56 Å². The van der Waals surface area contributed by atoms with Crippen LogP contribution in [-0.4, -0.2) is 11.0 Å². The number of fused-ring (bicyclic) bond motifs is 1. The van der Waals surface area contributed by atoms with Gasteiger partial charge in [0.15, 0.2) is 0 Å². The summed E-state index contributed by atoms with van der Waals surface area (Å²) in [7, 11) is 0. The molecule has 3 heteroatoms. The fourth-order valence-corrected chi connectivity index (χ4v) is 4.14. The maximum absolute atomic E-state index is 11.5. The van der Waals surface area contributed by atoms with E-state index in [2.05, 4.69) is 17.2 Å². The summed E-state index contributed by atoms with van der Waals surface area (Å²) in [4.78, 5) is 14.5. The summed E-state index contributed by atoms with van der Waals surface area (Å²) in [5.41, 5.74) is 2.51. The van der Waals surface area contributed by atoms with Crippen LogP contribution in [0.15, 0.2) is 16.9 Å². The minimum Gasteiger partial charge on any atom is -0.326 e. The molecule has 0 aliphatic heterocycles. The highest BCUT2D eigenvalue weighted by atomic mass is 16.1. The number of nitrogens with one attached hydrogen (secondary N) is 2. The second-order valence-electron chi connectivity index (χ2n) is 6.91. The second-order valence-corrected chi connectivity index (χ2v) is 6.91. The average molecular weight is 288 g/mol. The van der Waals surface area contributed by atoms with Gasteiger partial charge in [-0.2, -0.15) is 0 Å². The number of hydrogen-bond donors (Lipinski definition) is 2. The number of aryl methyl sites for hydroxylation is 1. The quantitative estimate of drug-likeness (QED) is 0.833. The lowest BCUT2D eigenvalue weighted by molar-refractivity contribution is 0.296. The van der Waals surface area contributed by atoms with E-state index in [0.717, 1.165) is 18.0 Å². The first-order valence-corrected chi connectivity index (χ1v) is 8.72. The number of pyridine rings is 1. The molecule has 116 valence electrons. The first-order valence-electron chi connectivity index (χ1n) is 8.72. The summed E-state index contributed by atoms with van der Waals surface area (Å²) in [6.07, 6.45) is 11.7. The van der Waals surface area contributed by atoms with Crippen LogP contribution in [0.5, 0.6) is 0 Å². The predicted octanol–water partition coefficient (Wildman–Crippen LogP) is 3.70. The lowest BCUT2D eigenvalue weighted by atomic mass is 9.88. The molecule has 2 atom stereocenters. The van der Waals surface area contributed by atoms with Crippen LogP contribution in [0.25, 0.3) is 0 Å². The third kappa shape index (κ3) is 3.57. The van der Waals surface area contributed by atoms with E-state index in [-0.39, 0.29) is 5.56 Å². The van der Waals surface area contributed by atoms with Crippen LogP contribution < -0.4 is 10.9 Å². The maximum Gasteiger partial charge on any atom is 0.248 e. The first kappa shape index (κ1) is 14.8. The largest absolute Gasteiger partial charge is 0.326 e. The van der Waals surface area contributed by atoms with Gasteiger partial charge in [-0.05, 0) is 50.5 Å². The molecule has 1 aromatic heterocycles. The van der Waals surface area contributed by atoms with Crippen molar-refractivity contribution < 1.29 is 0 Å². The van der Waals surface area contributed by atoms with Crippen LogP contribution >= 0.6 is 0 Å². The third-order valence-electron chi connectivity index (χ3n) is 5.40. The molecule has 3 nitrogen and oxygen atoms in total. The number of rotatable bonds is 3. The number of hydrogen-bond acceptors (Lipinski definition) is 2. The van der Waals surface area contributed by atoms with Gasteiger partial charge in [-0.25, -0.2) is 0 Å². The van der Waals surface area contributed by atoms with Crippen molar-refractivity contribution in [1.29, 1.82) is 0 Å². The molecule has 0 radical (unpaired) electrons. The van der Waals surface area contributed by atoms with E-state index in [0.29, 0.717) is 12.1 Å². The zero-order valence-electron chi connectivity index (χ0n) is 13.2. The zero-order valence-corrected chi connectivity index (χ0v) is 13.2. The Morgan fingerprint density at radius 2 is 1.86 bits per heavy atom. The molecule has 3 rings (SSSR count). The van der Waals surface area contributed by atoms with E-state index < -0.39 is 0 Å². The van der Waals surface area contributed by atoms with E-state index in [1.807, 2.05) is 6.07 Å². The van der Waals surface area contributed by atoms with Gasteiger partial charge in [-0.1, -0.05) is 31.7 Å². The van der Waals surface area contributed by atoms with E-state index >= 15 is 0 Å². The Morgan fingerprint density at radius 3 is 2.62 bits per heavy atom. The highest BCUT2D eigenvalue weighted by molar-refractivity contribution is 5.26. The van der Waals surface area contributed by atoms with Gasteiger partial charge >= 0.3 is 0 Å². The monoisotopic (exact) mass is 288 g/mol. The van der Waals surface area contributed by atoms with Crippen LogP contribution in [0.3, 0.4) is 0 Å². The molecule has 1 fully saturated rings. The molecule has 1 aromatic rings. The van der Waals surface area contributed by atoms with Crippen molar-refractivity contribution in [3.63, 3.8) is 0 Å². The molecule has 0 aromatic carbocycles. The van der Waals surface area contributed by atoms with Crippen LogP contribution in [0.1, 0.15) is 75.6 Å². The average Bonchev–Trinajstić information content (AvgIpc) is 2.76. The Bertz CT molecular complexity index is 514. The minimum absolute atomic E-state index is 0.0335. The molecule has 1 saturated carbocycles. The summed E-state index contributed by atoms with van der Waals surface area (Å²) in [5.74, 6) is 0.820. The molecule has 0 amide bonds. The van der Waals surface area contributed by atoms with Crippen molar-refractivity contribution in [3.05, 3.63) is 33.7 Å². The van der Waals surface area contributed by atoms with Gasteiger partial charge in [-0.15, -0.1) is 0 Å². The van der Waals surface area contributed by atoms with Gasteiger partial charge < -0.3 is 10.3 Å². The molecule has 21 heavy (non-hydrogen) atoms. The van der Waals surface area contributed by atoms with Crippen LogP contribution in [0.2, 0.25) is 0 Å². The van der Waals surface area contributed by atoms with Crippen molar-refractivity contribution in [2.24, 2.45) is 5.92 Å².